The Balaban J connectivity index is 1.38. The second kappa shape index (κ2) is 12.3. The van der Waals surface area contributed by atoms with Crippen molar-refractivity contribution in [2.24, 2.45) is 0 Å². The molecule has 2 atom stereocenters. The average Bonchev–Trinajstić information content (AvgIpc) is 3.20. The van der Waals surface area contributed by atoms with Crippen LogP contribution in [0.4, 0.5) is 4.79 Å². The highest BCUT2D eigenvalue weighted by molar-refractivity contribution is 5.79. The fraction of sp³-hybridized carbons (Fsp3) is 0.375. The van der Waals surface area contributed by atoms with Crippen LogP contribution in [0.2, 0.25) is 0 Å². The van der Waals surface area contributed by atoms with Gasteiger partial charge in [0.1, 0.15) is 12.2 Å². The predicted molar refractivity (Wildman–Crippen MR) is 148 cm³/mol. The number of hydrogen-bond acceptors (Lipinski definition) is 5. The number of rotatable bonds is 10. The summed E-state index contributed by atoms with van der Waals surface area (Å²) in [5.41, 5.74) is 5.04. The molecule has 0 aromatic heterocycles. The Kier molecular flexibility index (Phi) is 8.85. The van der Waals surface area contributed by atoms with Gasteiger partial charge in [0.25, 0.3) is 0 Å². The number of alkyl carbamates (subject to hydrolysis) is 1. The molecule has 2 N–H and O–H groups in total. The number of aliphatic hydroxyl groups is 1. The van der Waals surface area contributed by atoms with Crippen molar-refractivity contribution >= 4 is 12.1 Å². The molecule has 4 rings (SSSR count). The third-order valence-electron chi connectivity index (χ3n) is 6.73. The molecule has 0 heterocycles. The van der Waals surface area contributed by atoms with Gasteiger partial charge in [-0.15, -0.1) is 0 Å². The van der Waals surface area contributed by atoms with Crippen LogP contribution in [0, 0.1) is 0 Å². The first kappa shape index (κ1) is 27.4. The number of amides is 1. The van der Waals surface area contributed by atoms with Crippen LogP contribution in [0.3, 0.4) is 0 Å². The van der Waals surface area contributed by atoms with Gasteiger partial charge in [-0.05, 0) is 67.9 Å². The van der Waals surface area contributed by atoms with E-state index in [4.69, 9.17) is 9.47 Å². The van der Waals surface area contributed by atoms with Crippen LogP contribution in [0.15, 0.2) is 78.9 Å². The van der Waals surface area contributed by atoms with Crippen molar-refractivity contribution in [2.75, 3.05) is 6.61 Å². The van der Waals surface area contributed by atoms with Crippen LogP contribution in [-0.4, -0.2) is 41.5 Å². The van der Waals surface area contributed by atoms with Gasteiger partial charge >= 0.3 is 12.1 Å². The minimum Gasteiger partial charge on any atom is -0.460 e. The molecule has 0 spiro atoms. The van der Waals surface area contributed by atoms with Gasteiger partial charge in [0.05, 0.1) is 18.6 Å². The summed E-state index contributed by atoms with van der Waals surface area (Å²) in [6.45, 7) is 5.52. The van der Waals surface area contributed by atoms with Gasteiger partial charge in [-0.1, -0.05) is 78.9 Å². The van der Waals surface area contributed by atoms with E-state index in [-0.39, 0.29) is 18.9 Å². The Bertz CT molecular complexity index is 1190. The highest BCUT2D eigenvalue weighted by Crippen LogP contribution is 2.44. The Hall–Kier alpha value is -3.64. The van der Waals surface area contributed by atoms with Gasteiger partial charge in [-0.2, -0.15) is 0 Å². The molecule has 0 saturated carbocycles. The number of ether oxygens (including phenoxy) is 2. The number of nitrogens with one attached hydrogen (secondary N) is 1. The number of carbonyl (C=O) groups is 2. The molecule has 200 valence electrons. The fourth-order valence-corrected chi connectivity index (χ4v) is 5.00. The summed E-state index contributed by atoms with van der Waals surface area (Å²) in [5.74, 6) is -0.559. The Morgan fingerprint density at radius 1 is 0.895 bits per heavy atom. The molecule has 1 aliphatic rings. The molecule has 1 unspecified atom stereocenters. The highest BCUT2D eigenvalue weighted by Gasteiger charge is 2.31. The minimum atomic E-state index is -0.924. The summed E-state index contributed by atoms with van der Waals surface area (Å²) in [6.07, 6.45) is 0.193. The van der Waals surface area contributed by atoms with Crippen molar-refractivity contribution in [3.8, 4) is 11.1 Å². The van der Waals surface area contributed by atoms with Crippen LogP contribution in [0.5, 0.6) is 0 Å². The topological polar surface area (TPSA) is 84.9 Å². The molecule has 0 fully saturated rings. The van der Waals surface area contributed by atoms with Crippen LogP contribution in [-0.2, 0) is 20.7 Å². The van der Waals surface area contributed by atoms with E-state index in [1.165, 1.54) is 5.56 Å². The van der Waals surface area contributed by atoms with Crippen LogP contribution >= 0.6 is 0 Å². The largest absolute Gasteiger partial charge is 0.460 e. The molecule has 0 aliphatic heterocycles. The van der Waals surface area contributed by atoms with Crippen LogP contribution in [0.25, 0.3) is 11.1 Å². The zero-order valence-corrected chi connectivity index (χ0v) is 22.4. The van der Waals surface area contributed by atoms with Crippen molar-refractivity contribution < 1.29 is 24.2 Å². The third kappa shape index (κ3) is 7.23. The van der Waals surface area contributed by atoms with Gasteiger partial charge in [-0.25, -0.2) is 4.79 Å². The second-order valence-corrected chi connectivity index (χ2v) is 10.8. The molecule has 0 radical (unpaired) electrons. The maximum Gasteiger partial charge on any atom is 0.407 e. The Morgan fingerprint density at radius 2 is 1.47 bits per heavy atom. The van der Waals surface area contributed by atoms with Crippen molar-refractivity contribution in [1.82, 2.24) is 5.32 Å². The van der Waals surface area contributed by atoms with Gasteiger partial charge in [0, 0.05) is 5.92 Å². The van der Waals surface area contributed by atoms with Crippen LogP contribution < -0.4 is 5.32 Å². The number of aryl methyl sites for hydroxylation is 1. The summed E-state index contributed by atoms with van der Waals surface area (Å²) in [4.78, 5) is 25.5. The summed E-state index contributed by atoms with van der Waals surface area (Å²) in [7, 11) is 0. The molecular weight excluding hydrogens is 478 g/mol. The molecule has 3 aromatic carbocycles. The maximum atomic E-state index is 12.9. The summed E-state index contributed by atoms with van der Waals surface area (Å²) >= 11 is 0. The van der Waals surface area contributed by atoms with Gasteiger partial charge in [0.2, 0.25) is 0 Å². The fourth-order valence-electron chi connectivity index (χ4n) is 5.00. The van der Waals surface area contributed by atoms with E-state index in [2.05, 4.69) is 29.6 Å². The van der Waals surface area contributed by atoms with Crippen LogP contribution in [0.1, 0.15) is 62.6 Å². The number of fused-ring (bicyclic) bond motifs is 3. The second-order valence-electron chi connectivity index (χ2n) is 10.8. The number of aliphatic hydroxyl groups excluding tert-OH is 1. The Morgan fingerprint density at radius 3 is 2.08 bits per heavy atom. The van der Waals surface area contributed by atoms with E-state index in [1.807, 2.05) is 54.6 Å². The molecule has 6 heteroatoms. The smallest absolute Gasteiger partial charge is 0.407 e. The molecular formula is C32H37NO5. The highest BCUT2D eigenvalue weighted by atomic mass is 16.6. The van der Waals surface area contributed by atoms with Gasteiger partial charge in [0.15, 0.2) is 0 Å². The predicted octanol–water partition coefficient (Wildman–Crippen LogP) is 6.01. The lowest BCUT2D eigenvalue weighted by Crippen LogP contribution is -2.46. The van der Waals surface area contributed by atoms with Crippen molar-refractivity contribution in [2.45, 2.75) is 70.1 Å². The summed E-state index contributed by atoms with van der Waals surface area (Å²) < 4.78 is 11.1. The van der Waals surface area contributed by atoms with E-state index >= 15 is 0 Å². The van der Waals surface area contributed by atoms with Crippen molar-refractivity contribution in [1.29, 1.82) is 0 Å². The average molecular weight is 516 g/mol. The monoisotopic (exact) mass is 515 g/mol. The molecule has 6 nitrogen and oxygen atoms in total. The van der Waals surface area contributed by atoms with E-state index in [1.54, 1.807) is 20.8 Å². The SMILES string of the molecule is CC(C)(C)OC(=O)C[C@H](NC(=O)OCC1c2ccccc2-c2ccccc21)C(O)CCCc1ccccc1. The molecule has 1 amide bonds. The standard InChI is InChI=1S/C32H37NO5/c1-32(2,3)38-30(35)20-28(29(34)19-11-14-22-12-5-4-6-13-22)33-31(36)37-21-27-25-17-9-7-15-23(25)24-16-8-10-18-26(24)27/h4-10,12-13,15-18,27-29,34H,11,14,19-21H2,1-3H3,(H,33,36)/t28-,29?/m0/s1. The van der Waals surface area contributed by atoms with E-state index < -0.39 is 29.8 Å². The van der Waals surface area contributed by atoms with Gasteiger partial charge in [-0.3, -0.25) is 4.79 Å². The first-order valence-corrected chi connectivity index (χ1v) is 13.3. The van der Waals surface area contributed by atoms with Crippen molar-refractivity contribution in [3.63, 3.8) is 0 Å². The lowest BCUT2D eigenvalue weighted by Gasteiger charge is -2.26. The molecule has 0 bridgehead atoms. The molecule has 0 saturated heterocycles. The number of carbonyl (C=O) groups excluding carboxylic acids is 2. The third-order valence-corrected chi connectivity index (χ3v) is 6.73. The summed E-state index contributed by atoms with van der Waals surface area (Å²) in [6, 6.07) is 25.5. The first-order chi connectivity index (χ1) is 18.2. The maximum absolute atomic E-state index is 12.9. The zero-order valence-electron chi connectivity index (χ0n) is 22.4. The van der Waals surface area contributed by atoms with E-state index in [0.717, 1.165) is 28.7 Å². The lowest BCUT2D eigenvalue weighted by molar-refractivity contribution is -0.156. The van der Waals surface area contributed by atoms with E-state index in [9.17, 15) is 14.7 Å². The zero-order chi connectivity index (χ0) is 27.1. The number of hydrogen-bond donors (Lipinski definition) is 2. The number of esters is 1. The van der Waals surface area contributed by atoms with E-state index in [0.29, 0.717) is 12.8 Å². The quantitative estimate of drug-likeness (QED) is 0.323. The minimum absolute atomic E-state index is 0.0757. The Labute approximate surface area is 225 Å². The normalized spacial score (nSPS) is 14.2. The number of benzene rings is 3. The summed E-state index contributed by atoms with van der Waals surface area (Å²) in [5, 5.41) is 13.7. The van der Waals surface area contributed by atoms with Gasteiger partial charge < -0.3 is 19.9 Å². The molecule has 38 heavy (non-hydrogen) atoms. The van der Waals surface area contributed by atoms with Crippen molar-refractivity contribution in [3.05, 3.63) is 95.6 Å². The lowest BCUT2D eigenvalue weighted by atomic mass is 9.98. The first-order valence-electron chi connectivity index (χ1n) is 13.3. The molecule has 3 aromatic rings. The molecule has 1 aliphatic carbocycles.